The van der Waals surface area contributed by atoms with Gasteiger partial charge in [-0.05, 0) is 24.7 Å². The Morgan fingerprint density at radius 1 is 1.50 bits per heavy atom. The van der Waals surface area contributed by atoms with Gasteiger partial charge in [0.2, 0.25) is 0 Å². The van der Waals surface area contributed by atoms with Gasteiger partial charge >= 0.3 is 7.82 Å². The Bertz CT molecular complexity index is 1260. The molecule has 2 aliphatic rings. The molecule has 0 bridgehead atoms. The Balaban J connectivity index is 1.59. The summed E-state index contributed by atoms with van der Waals surface area (Å²) in [5.41, 5.74) is 0.227. The van der Waals surface area contributed by atoms with E-state index in [1.54, 1.807) is 25.1 Å². The second-order valence-corrected chi connectivity index (χ2v) is 9.19. The van der Waals surface area contributed by atoms with E-state index in [4.69, 9.17) is 31.9 Å². The summed E-state index contributed by atoms with van der Waals surface area (Å²) in [5, 5.41) is 30.0. The smallest absolute Gasteiger partial charge is 0.403 e. The molecule has 1 fully saturated rings. The molecule has 1 saturated heterocycles. The number of aromatic nitrogens is 2. The highest BCUT2D eigenvalue weighted by Gasteiger charge is 2.57. The first-order chi connectivity index (χ1) is 15.4. The van der Waals surface area contributed by atoms with Gasteiger partial charge in [0.05, 0.1) is 20.1 Å². The number of fused-ring (bicyclic) bond motifs is 1. The third-order valence-corrected chi connectivity index (χ3v) is 6.58. The van der Waals surface area contributed by atoms with Crippen LogP contribution in [0.3, 0.4) is 0 Å². The Kier molecular flexibility index (Phi) is 5.76. The number of halogens is 1. The van der Waals surface area contributed by atoms with E-state index in [2.05, 4.69) is 4.98 Å². The first-order valence-corrected chi connectivity index (χ1v) is 11.2. The number of hydrogen-bond acceptors (Lipinski definition) is 10. The third-order valence-electron chi connectivity index (χ3n) is 4.99. The van der Waals surface area contributed by atoms with Crippen LogP contribution in [0.5, 0.6) is 5.75 Å². The standard InChI is InChI=1S/C18H20FN2O9PS/c1-9-3-2-4-10-7-27-31(26,30-13(9)10)28-8-18(19)14(24)12(23)16(29-18)21-5-11(6-22)15(25)20-17(21)32/h2-5,12,14,16,22-24H,6-8H2,1H3,(H,20,25,32)/t12-,14+,16-,18-,31?/m1/s1/i16D. The number of nitrogens with zero attached hydrogens (tertiary/aromatic N) is 1. The monoisotopic (exact) mass is 491 g/mol. The number of benzene rings is 1. The number of phosphoric ester groups is 1. The molecule has 0 amide bonds. The topological polar surface area (TPSA) is 152 Å². The summed E-state index contributed by atoms with van der Waals surface area (Å²) in [5.74, 6) is -3.00. The molecule has 2 aromatic rings. The van der Waals surface area contributed by atoms with Crippen LogP contribution in [0.15, 0.2) is 29.2 Å². The van der Waals surface area contributed by atoms with Crippen molar-refractivity contribution in [2.75, 3.05) is 6.61 Å². The lowest BCUT2D eigenvalue weighted by molar-refractivity contribution is -0.205. The average molecular weight is 491 g/mol. The Hall–Kier alpha value is -1.96. The second kappa shape index (κ2) is 8.43. The quantitative estimate of drug-likeness (QED) is 0.356. The van der Waals surface area contributed by atoms with Crippen molar-refractivity contribution >= 4 is 20.0 Å². The van der Waals surface area contributed by atoms with Gasteiger partial charge in [0.15, 0.2) is 11.0 Å². The molecule has 1 aromatic carbocycles. The number of rotatable bonds is 5. The van der Waals surface area contributed by atoms with Crippen LogP contribution >= 0.6 is 20.0 Å². The lowest BCUT2D eigenvalue weighted by atomic mass is 10.1. The third kappa shape index (κ3) is 4.06. The van der Waals surface area contributed by atoms with Crippen LogP contribution in [0.4, 0.5) is 4.39 Å². The fraction of sp³-hybridized carbons (Fsp3) is 0.444. The maximum atomic E-state index is 15.6. The van der Waals surface area contributed by atoms with Gasteiger partial charge in [-0.25, -0.2) is 8.96 Å². The highest BCUT2D eigenvalue weighted by Crippen LogP contribution is 2.56. The van der Waals surface area contributed by atoms with Gasteiger partial charge < -0.3 is 24.6 Å². The van der Waals surface area contributed by atoms with Gasteiger partial charge in [-0.2, -0.15) is 0 Å². The summed E-state index contributed by atoms with van der Waals surface area (Å²) in [6.07, 6.45) is -6.46. The Morgan fingerprint density at radius 3 is 2.97 bits per heavy atom. The maximum absolute atomic E-state index is 15.6. The van der Waals surface area contributed by atoms with Crippen molar-refractivity contribution < 1.29 is 44.0 Å². The predicted molar refractivity (Wildman–Crippen MR) is 108 cm³/mol. The minimum Gasteiger partial charge on any atom is -0.403 e. The van der Waals surface area contributed by atoms with Crippen LogP contribution in [0.1, 0.15) is 24.3 Å². The summed E-state index contributed by atoms with van der Waals surface area (Å²) < 4.78 is 57.6. The minimum absolute atomic E-state index is 0.140. The van der Waals surface area contributed by atoms with Gasteiger partial charge in [-0.1, -0.05) is 18.2 Å². The summed E-state index contributed by atoms with van der Waals surface area (Å²) >= 11 is 4.95. The molecule has 3 heterocycles. The molecule has 4 N–H and O–H groups in total. The van der Waals surface area contributed by atoms with Gasteiger partial charge in [0.1, 0.15) is 24.6 Å². The van der Waals surface area contributed by atoms with Crippen LogP contribution in [0.25, 0.3) is 0 Å². The molecule has 0 aliphatic carbocycles. The van der Waals surface area contributed by atoms with Gasteiger partial charge in [0, 0.05) is 11.8 Å². The Morgan fingerprint density at radius 2 is 2.25 bits per heavy atom. The van der Waals surface area contributed by atoms with Crippen molar-refractivity contribution in [3.8, 4) is 5.75 Å². The molecule has 1 aromatic heterocycles. The number of nitrogens with one attached hydrogen (secondary N) is 1. The minimum atomic E-state index is -4.34. The zero-order valence-electron chi connectivity index (χ0n) is 17.6. The van der Waals surface area contributed by atoms with Crippen molar-refractivity contribution in [3.05, 3.63) is 56.2 Å². The molecule has 2 aliphatic heterocycles. The summed E-state index contributed by atoms with van der Waals surface area (Å²) in [6.45, 7) is -0.428. The van der Waals surface area contributed by atoms with E-state index in [-0.39, 0.29) is 17.9 Å². The number of aromatic amines is 1. The SMILES string of the molecule is [2H][C@@]1(n2cc(CO)c(=O)[nH]c2=S)O[C@](F)(COP2(=O)OCc3cccc(C)c3O2)[C@@H](O)[C@H]1O. The van der Waals surface area contributed by atoms with Crippen LogP contribution in [-0.4, -0.2) is 49.5 Å². The fourth-order valence-electron chi connectivity index (χ4n) is 3.23. The number of H-pyrrole nitrogens is 1. The number of para-hydroxylation sites is 1. The molecule has 11 nitrogen and oxygen atoms in total. The van der Waals surface area contributed by atoms with E-state index in [9.17, 15) is 24.7 Å². The highest BCUT2D eigenvalue weighted by molar-refractivity contribution is 7.71. The number of aliphatic hydroxyl groups is 3. The lowest BCUT2D eigenvalue weighted by Gasteiger charge is -2.29. The van der Waals surface area contributed by atoms with E-state index < -0.39 is 55.6 Å². The molecule has 0 saturated carbocycles. The average Bonchev–Trinajstić information content (AvgIpc) is 2.94. The maximum Gasteiger partial charge on any atom is 0.530 e. The number of aliphatic hydroxyl groups excluding tert-OH is 3. The zero-order chi connectivity index (χ0) is 24.2. The molecule has 1 unspecified atom stereocenters. The van der Waals surface area contributed by atoms with E-state index in [1.165, 1.54) is 0 Å². The first-order valence-electron chi connectivity index (χ1n) is 9.81. The predicted octanol–water partition coefficient (Wildman–Crippen LogP) is 1.36. The first kappa shape index (κ1) is 21.9. The van der Waals surface area contributed by atoms with Crippen LogP contribution in [0, 0.1) is 11.7 Å². The van der Waals surface area contributed by atoms with Crippen molar-refractivity contribution in [2.24, 2.45) is 0 Å². The van der Waals surface area contributed by atoms with Gasteiger partial charge in [0.25, 0.3) is 11.4 Å². The molecule has 32 heavy (non-hydrogen) atoms. The molecular weight excluding hydrogens is 470 g/mol. The van der Waals surface area contributed by atoms with Crippen molar-refractivity contribution in [1.29, 1.82) is 0 Å². The van der Waals surface area contributed by atoms with Crippen LogP contribution in [-0.2, 0) is 31.6 Å². The summed E-state index contributed by atoms with van der Waals surface area (Å²) in [7, 11) is -4.34. The van der Waals surface area contributed by atoms with E-state index in [0.717, 1.165) is 6.20 Å². The normalized spacial score (nSPS) is 34.6. The van der Waals surface area contributed by atoms with Crippen molar-refractivity contribution in [2.45, 2.75) is 44.4 Å². The largest absolute Gasteiger partial charge is 0.530 e. The number of hydrogen-bond donors (Lipinski definition) is 4. The van der Waals surface area contributed by atoms with E-state index >= 15 is 4.39 Å². The molecular formula is C18H20FN2O9PS. The fourth-order valence-corrected chi connectivity index (χ4v) is 4.77. The van der Waals surface area contributed by atoms with Gasteiger partial charge in [-0.15, -0.1) is 0 Å². The molecule has 0 radical (unpaired) electrons. The number of alkyl halides is 1. The summed E-state index contributed by atoms with van der Waals surface area (Å²) in [6, 6.07) is 5.14. The molecule has 14 heteroatoms. The molecule has 0 spiro atoms. The lowest BCUT2D eigenvalue weighted by Crippen LogP contribution is -2.43. The highest BCUT2D eigenvalue weighted by atomic mass is 32.1. The number of phosphoric acid groups is 1. The molecule has 5 atom stereocenters. The van der Waals surface area contributed by atoms with E-state index in [0.29, 0.717) is 15.7 Å². The zero-order valence-corrected chi connectivity index (χ0v) is 18.3. The van der Waals surface area contributed by atoms with Crippen LogP contribution in [0.2, 0.25) is 0 Å². The van der Waals surface area contributed by atoms with Gasteiger partial charge in [-0.3, -0.25) is 23.4 Å². The van der Waals surface area contributed by atoms with Crippen molar-refractivity contribution in [1.82, 2.24) is 9.55 Å². The molecule has 174 valence electrons. The van der Waals surface area contributed by atoms with Crippen LogP contribution < -0.4 is 10.1 Å². The molecule has 4 rings (SSSR count). The number of aryl methyl sites for hydroxylation is 1. The van der Waals surface area contributed by atoms with E-state index in [1.807, 2.05) is 0 Å². The summed E-state index contributed by atoms with van der Waals surface area (Å²) in [4.78, 5) is 13.9. The second-order valence-electron chi connectivity index (χ2n) is 7.21. The Labute approximate surface area is 187 Å². The number of ether oxygens (including phenoxy) is 1. The van der Waals surface area contributed by atoms with Crippen molar-refractivity contribution in [3.63, 3.8) is 0 Å².